The summed E-state index contributed by atoms with van der Waals surface area (Å²) < 4.78 is 41.1. The van der Waals surface area contributed by atoms with Crippen LogP contribution in [0.4, 0.5) is 14.6 Å². The number of piperazine rings is 1. The van der Waals surface area contributed by atoms with Crippen molar-refractivity contribution < 1.29 is 23.0 Å². The van der Waals surface area contributed by atoms with Crippen molar-refractivity contribution in [2.45, 2.75) is 38.3 Å². The van der Waals surface area contributed by atoms with E-state index in [0.29, 0.717) is 55.7 Å². The first-order chi connectivity index (χ1) is 22.3. The predicted octanol–water partition coefficient (Wildman–Crippen LogP) is 4.49. The molecule has 0 radical (unpaired) electrons. The number of amides is 1. The molecule has 12 heteroatoms. The number of ether oxygens (including phenoxy) is 2. The van der Waals surface area contributed by atoms with Gasteiger partial charge >= 0.3 is 6.01 Å². The second-order valence-electron chi connectivity index (χ2n) is 12.5. The molecule has 0 unspecified atom stereocenters. The topological polar surface area (TPSA) is 96.8 Å². The number of aryl methyl sites for hydroxylation is 1. The Kier molecular flexibility index (Phi) is 8.24. The van der Waals surface area contributed by atoms with Crippen LogP contribution in [0.25, 0.3) is 32.9 Å². The maximum atomic E-state index is 16.6. The first-order valence-electron chi connectivity index (χ1n) is 15.8. The fourth-order valence-corrected chi connectivity index (χ4v) is 7.00. The molecule has 0 N–H and O–H groups in total. The standard InChI is InChI=1S/C34H37F2N7O3/c1-22-6-3-7-23-17-37-18-25(28(22)23)30-29(36)31-26(19-38-30)32(42-13-11-41(12-14-42)27(44)8-4-9-35)40-33(39-31)45-15-5-10-43-20-24-16-34(43,2)21-46-24/h3-4,6-8,17-19,24H,5,9-16,20-21H2,1-2H3/b8-4+/t24-,34-/m0/s1. The number of carbonyl (C=O) groups is 1. The third-order valence-electron chi connectivity index (χ3n) is 9.42. The fourth-order valence-electron chi connectivity index (χ4n) is 7.00. The van der Waals surface area contributed by atoms with Gasteiger partial charge in [0.1, 0.15) is 23.7 Å². The van der Waals surface area contributed by atoms with Crippen LogP contribution in [0, 0.1) is 12.7 Å². The van der Waals surface area contributed by atoms with Gasteiger partial charge < -0.3 is 19.3 Å². The summed E-state index contributed by atoms with van der Waals surface area (Å²) in [6.45, 7) is 8.16. The van der Waals surface area contributed by atoms with Crippen LogP contribution in [-0.2, 0) is 9.53 Å². The molecule has 7 rings (SSSR count). The van der Waals surface area contributed by atoms with E-state index in [1.54, 1.807) is 23.5 Å². The largest absolute Gasteiger partial charge is 0.463 e. The van der Waals surface area contributed by atoms with Crippen molar-refractivity contribution in [2.24, 2.45) is 0 Å². The lowest BCUT2D eigenvalue weighted by molar-refractivity contribution is -0.126. The minimum Gasteiger partial charge on any atom is -0.463 e. The Hall–Kier alpha value is -4.29. The Morgan fingerprint density at radius 3 is 2.78 bits per heavy atom. The maximum Gasteiger partial charge on any atom is 0.319 e. The first-order valence-corrected chi connectivity index (χ1v) is 15.8. The lowest BCUT2D eigenvalue weighted by Gasteiger charge is -2.35. The van der Waals surface area contributed by atoms with E-state index in [-0.39, 0.29) is 28.7 Å². The van der Waals surface area contributed by atoms with Crippen molar-refractivity contribution in [1.29, 1.82) is 0 Å². The SMILES string of the molecule is Cc1cccc2cncc(-c3ncc4c(N5CCN(C(=O)/C=C/CF)CC5)nc(OCCCN5C[C@@H]6C[C@@]5(C)CO6)nc4c3F)c12. The zero-order valence-electron chi connectivity index (χ0n) is 26.1. The van der Waals surface area contributed by atoms with Crippen molar-refractivity contribution in [2.75, 3.05) is 64.1 Å². The van der Waals surface area contributed by atoms with Crippen molar-refractivity contribution >= 4 is 33.4 Å². The van der Waals surface area contributed by atoms with Crippen molar-refractivity contribution in [3.8, 4) is 17.3 Å². The van der Waals surface area contributed by atoms with Crippen LogP contribution < -0.4 is 9.64 Å². The van der Waals surface area contributed by atoms with Gasteiger partial charge in [0.15, 0.2) is 5.82 Å². The summed E-state index contributed by atoms with van der Waals surface area (Å²) in [5, 5.41) is 2.23. The summed E-state index contributed by atoms with van der Waals surface area (Å²) in [6, 6.07) is 5.97. The molecule has 10 nitrogen and oxygen atoms in total. The van der Waals surface area contributed by atoms with E-state index in [1.807, 2.05) is 30.0 Å². The van der Waals surface area contributed by atoms with E-state index in [2.05, 4.69) is 26.8 Å². The Bertz CT molecular complexity index is 1810. The van der Waals surface area contributed by atoms with Gasteiger partial charge in [0.25, 0.3) is 0 Å². The third-order valence-corrected chi connectivity index (χ3v) is 9.42. The molecule has 1 amide bonds. The second-order valence-corrected chi connectivity index (χ2v) is 12.5. The highest BCUT2D eigenvalue weighted by molar-refractivity contribution is 6.00. The van der Waals surface area contributed by atoms with Gasteiger partial charge in [0.05, 0.1) is 24.7 Å². The van der Waals surface area contributed by atoms with Crippen LogP contribution in [0.5, 0.6) is 6.01 Å². The van der Waals surface area contributed by atoms with E-state index in [4.69, 9.17) is 14.5 Å². The number of alkyl halides is 1. The molecule has 3 saturated heterocycles. The molecule has 4 aromatic rings. The summed E-state index contributed by atoms with van der Waals surface area (Å²) >= 11 is 0. The average molecular weight is 630 g/mol. The van der Waals surface area contributed by atoms with E-state index in [0.717, 1.165) is 48.9 Å². The fraction of sp³-hybridized carbons (Fsp3) is 0.441. The van der Waals surface area contributed by atoms with Crippen LogP contribution in [0.15, 0.2) is 48.9 Å². The Balaban J connectivity index is 1.20. The monoisotopic (exact) mass is 629 g/mol. The number of fused-ring (bicyclic) bond motifs is 4. The number of rotatable bonds is 9. The second kappa shape index (κ2) is 12.5. The first kappa shape index (κ1) is 30.4. The number of allylic oxidation sites excluding steroid dienone is 1. The number of pyridine rings is 2. The molecule has 0 aliphatic carbocycles. The van der Waals surface area contributed by atoms with Gasteiger partial charge in [-0.1, -0.05) is 18.2 Å². The number of carbonyl (C=O) groups excluding carboxylic acids is 1. The normalized spacial score (nSPS) is 21.7. The highest BCUT2D eigenvalue weighted by Gasteiger charge is 2.48. The van der Waals surface area contributed by atoms with Crippen LogP contribution in [0.3, 0.4) is 0 Å². The van der Waals surface area contributed by atoms with E-state index in [9.17, 15) is 9.18 Å². The molecule has 6 heterocycles. The Morgan fingerprint density at radius 1 is 1.17 bits per heavy atom. The molecule has 0 spiro atoms. The summed E-state index contributed by atoms with van der Waals surface area (Å²) in [6.07, 6.45) is 9.58. The number of hydrogen-bond acceptors (Lipinski definition) is 9. The summed E-state index contributed by atoms with van der Waals surface area (Å²) in [4.78, 5) is 36.8. The quantitative estimate of drug-likeness (QED) is 0.196. The average Bonchev–Trinajstić information content (AvgIpc) is 3.61. The maximum absolute atomic E-state index is 16.6. The van der Waals surface area contributed by atoms with Gasteiger partial charge in [0.2, 0.25) is 5.91 Å². The van der Waals surface area contributed by atoms with Gasteiger partial charge in [-0.25, -0.2) is 8.78 Å². The molecule has 2 bridgehead atoms. The molecular formula is C34H37F2N7O3. The number of hydrogen-bond donors (Lipinski definition) is 0. The minimum absolute atomic E-state index is 0.0732. The Labute approximate surface area is 266 Å². The summed E-state index contributed by atoms with van der Waals surface area (Å²) in [5.74, 6) is -0.315. The molecule has 3 aromatic heterocycles. The van der Waals surface area contributed by atoms with E-state index < -0.39 is 12.5 Å². The number of morpholine rings is 1. The van der Waals surface area contributed by atoms with Gasteiger partial charge in [-0.3, -0.25) is 19.7 Å². The van der Waals surface area contributed by atoms with Gasteiger partial charge in [0, 0.05) is 80.4 Å². The number of likely N-dealkylation sites (tertiary alicyclic amines) is 1. The molecule has 3 aliphatic heterocycles. The molecule has 0 saturated carbocycles. The van der Waals surface area contributed by atoms with Gasteiger partial charge in [-0.05, 0) is 43.7 Å². The lowest BCUT2D eigenvalue weighted by atomic mass is 10.00. The van der Waals surface area contributed by atoms with Crippen LogP contribution in [0.2, 0.25) is 0 Å². The molecule has 1 aromatic carbocycles. The third kappa shape index (κ3) is 5.64. The van der Waals surface area contributed by atoms with E-state index in [1.165, 1.54) is 12.2 Å². The smallest absolute Gasteiger partial charge is 0.319 e. The zero-order chi connectivity index (χ0) is 31.8. The number of halogens is 2. The highest BCUT2D eigenvalue weighted by Crippen LogP contribution is 2.38. The summed E-state index contributed by atoms with van der Waals surface area (Å²) in [5.41, 5.74) is 1.92. The Morgan fingerprint density at radius 2 is 2.02 bits per heavy atom. The molecule has 240 valence electrons. The van der Waals surface area contributed by atoms with Crippen LogP contribution in [-0.4, -0.2) is 106 Å². The molecular weight excluding hydrogens is 592 g/mol. The highest BCUT2D eigenvalue weighted by atomic mass is 19.1. The molecule has 3 fully saturated rings. The number of benzene rings is 1. The predicted molar refractivity (Wildman–Crippen MR) is 171 cm³/mol. The van der Waals surface area contributed by atoms with E-state index >= 15 is 4.39 Å². The molecule has 3 aliphatic rings. The van der Waals surface area contributed by atoms with Crippen LogP contribution >= 0.6 is 0 Å². The van der Waals surface area contributed by atoms with Crippen molar-refractivity contribution in [1.82, 2.24) is 29.7 Å². The summed E-state index contributed by atoms with van der Waals surface area (Å²) in [7, 11) is 0. The zero-order valence-corrected chi connectivity index (χ0v) is 26.1. The van der Waals surface area contributed by atoms with Crippen molar-refractivity contribution in [3.63, 3.8) is 0 Å². The van der Waals surface area contributed by atoms with Gasteiger partial charge in [-0.2, -0.15) is 9.97 Å². The minimum atomic E-state index is -0.692. The van der Waals surface area contributed by atoms with Crippen molar-refractivity contribution in [3.05, 3.63) is 60.3 Å². The lowest BCUT2D eigenvalue weighted by Crippen LogP contribution is -2.48. The number of anilines is 1. The van der Waals surface area contributed by atoms with Gasteiger partial charge in [-0.15, -0.1) is 0 Å². The van der Waals surface area contributed by atoms with Crippen LogP contribution in [0.1, 0.15) is 25.3 Å². The molecule has 2 atom stereocenters. The number of nitrogens with zero attached hydrogens (tertiary/aromatic N) is 7. The molecule has 46 heavy (non-hydrogen) atoms. The number of aromatic nitrogens is 4.